The molecule has 0 unspecified atom stereocenters. The Morgan fingerprint density at radius 1 is 1.27 bits per heavy atom. The van der Waals surface area contributed by atoms with Gasteiger partial charge in [-0.2, -0.15) is 0 Å². The summed E-state index contributed by atoms with van der Waals surface area (Å²) in [4.78, 5) is 23.8. The Labute approximate surface area is 131 Å². The summed E-state index contributed by atoms with van der Waals surface area (Å²) in [5, 5.41) is 2.52. The lowest BCUT2D eigenvalue weighted by atomic mass is 10.2. The summed E-state index contributed by atoms with van der Waals surface area (Å²) in [7, 11) is 0. The van der Waals surface area contributed by atoms with Crippen LogP contribution in [-0.4, -0.2) is 24.0 Å². The fourth-order valence-corrected chi connectivity index (χ4v) is 2.57. The van der Waals surface area contributed by atoms with E-state index in [1.54, 1.807) is 0 Å². The molecule has 0 saturated heterocycles. The molecule has 22 heavy (non-hydrogen) atoms. The predicted molar refractivity (Wildman–Crippen MR) is 76.6 cm³/mol. The number of carbonyl (C=O) groups excluding carboxylic acids is 2. The molecule has 0 aromatic heterocycles. The van der Waals surface area contributed by atoms with Gasteiger partial charge < -0.3 is 10.1 Å². The second-order valence-corrected chi connectivity index (χ2v) is 5.69. The SMILES string of the molecule is C[C@H](OC(=O)c1cc(F)c(F)cc1Cl)C(=O)NC1CCCC1. The summed E-state index contributed by atoms with van der Waals surface area (Å²) in [6, 6.07) is 1.44. The van der Waals surface area contributed by atoms with E-state index in [-0.39, 0.29) is 16.6 Å². The van der Waals surface area contributed by atoms with E-state index in [4.69, 9.17) is 16.3 Å². The average molecular weight is 332 g/mol. The largest absolute Gasteiger partial charge is 0.449 e. The van der Waals surface area contributed by atoms with Gasteiger partial charge in [0.1, 0.15) is 0 Å². The van der Waals surface area contributed by atoms with Gasteiger partial charge in [0.05, 0.1) is 10.6 Å². The Hall–Kier alpha value is -1.69. The van der Waals surface area contributed by atoms with Crippen LogP contribution in [0.2, 0.25) is 5.02 Å². The number of rotatable bonds is 4. The zero-order chi connectivity index (χ0) is 16.3. The molecule has 1 N–H and O–H groups in total. The molecule has 4 nitrogen and oxygen atoms in total. The molecule has 1 aromatic carbocycles. The normalized spacial score (nSPS) is 16.4. The quantitative estimate of drug-likeness (QED) is 0.681. The van der Waals surface area contributed by atoms with Crippen LogP contribution in [0.5, 0.6) is 0 Å². The highest BCUT2D eigenvalue weighted by atomic mass is 35.5. The van der Waals surface area contributed by atoms with Crippen LogP contribution in [0.4, 0.5) is 8.78 Å². The third-order valence-corrected chi connectivity index (χ3v) is 3.90. The molecule has 2 rings (SSSR count). The smallest absolute Gasteiger partial charge is 0.340 e. The third kappa shape index (κ3) is 3.94. The molecule has 0 aliphatic heterocycles. The number of esters is 1. The summed E-state index contributed by atoms with van der Waals surface area (Å²) in [6.45, 7) is 1.41. The zero-order valence-electron chi connectivity index (χ0n) is 12.0. The van der Waals surface area contributed by atoms with Crippen molar-refractivity contribution in [3.63, 3.8) is 0 Å². The summed E-state index contributed by atoms with van der Waals surface area (Å²) in [5.41, 5.74) is -0.318. The fraction of sp³-hybridized carbons (Fsp3) is 0.467. The fourth-order valence-electron chi connectivity index (χ4n) is 2.35. The molecule has 1 atom stereocenters. The number of amides is 1. The van der Waals surface area contributed by atoms with Gasteiger partial charge in [0.15, 0.2) is 17.7 Å². The van der Waals surface area contributed by atoms with Gasteiger partial charge in [-0.1, -0.05) is 24.4 Å². The third-order valence-electron chi connectivity index (χ3n) is 3.58. The number of hydrogen-bond donors (Lipinski definition) is 1. The lowest BCUT2D eigenvalue weighted by Crippen LogP contribution is -2.40. The summed E-state index contributed by atoms with van der Waals surface area (Å²) in [5.74, 6) is -3.76. The van der Waals surface area contributed by atoms with Gasteiger partial charge >= 0.3 is 5.97 Å². The number of carbonyl (C=O) groups is 2. The Bertz CT molecular complexity index is 588. The molecule has 1 aliphatic rings. The molecule has 120 valence electrons. The highest BCUT2D eigenvalue weighted by Gasteiger charge is 2.25. The highest BCUT2D eigenvalue weighted by molar-refractivity contribution is 6.33. The second kappa shape index (κ2) is 7.05. The molecule has 1 fully saturated rings. The van der Waals surface area contributed by atoms with E-state index >= 15 is 0 Å². The molecular weight excluding hydrogens is 316 g/mol. The second-order valence-electron chi connectivity index (χ2n) is 5.28. The minimum absolute atomic E-state index is 0.0977. The Balaban J connectivity index is 1.98. The average Bonchev–Trinajstić information content (AvgIpc) is 2.95. The first-order valence-corrected chi connectivity index (χ1v) is 7.42. The molecule has 1 saturated carbocycles. The van der Waals surface area contributed by atoms with E-state index in [1.165, 1.54) is 6.92 Å². The van der Waals surface area contributed by atoms with Crippen molar-refractivity contribution in [1.29, 1.82) is 0 Å². The molecule has 0 heterocycles. The van der Waals surface area contributed by atoms with Crippen LogP contribution >= 0.6 is 11.6 Å². The zero-order valence-corrected chi connectivity index (χ0v) is 12.8. The van der Waals surface area contributed by atoms with Crippen molar-refractivity contribution in [1.82, 2.24) is 5.32 Å². The van der Waals surface area contributed by atoms with Gasteiger partial charge in [-0.05, 0) is 31.9 Å². The number of nitrogens with one attached hydrogen (secondary N) is 1. The lowest BCUT2D eigenvalue weighted by Gasteiger charge is -2.17. The molecule has 0 radical (unpaired) electrons. The monoisotopic (exact) mass is 331 g/mol. The van der Waals surface area contributed by atoms with Crippen molar-refractivity contribution in [3.8, 4) is 0 Å². The van der Waals surface area contributed by atoms with Gasteiger partial charge in [0.25, 0.3) is 5.91 Å². The van der Waals surface area contributed by atoms with Gasteiger partial charge in [0.2, 0.25) is 0 Å². The molecule has 1 aliphatic carbocycles. The minimum atomic E-state index is -1.21. The van der Waals surface area contributed by atoms with Gasteiger partial charge in [-0.3, -0.25) is 4.79 Å². The van der Waals surface area contributed by atoms with Crippen molar-refractivity contribution in [2.24, 2.45) is 0 Å². The molecule has 1 amide bonds. The van der Waals surface area contributed by atoms with E-state index in [9.17, 15) is 18.4 Å². The number of benzene rings is 1. The van der Waals surface area contributed by atoms with E-state index in [0.29, 0.717) is 12.1 Å². The van der Waals surface area contributed by atoms with Crippen molar-refractivity contribution in [3.05, 3.63) is 34.4 Å². The molecule has 0 bridgehead atoms. The van der Waals surface area contributed by atoms with Crippen molar-refractivity contribution < 1.29 is 23.1 Å². The van der Waals surface area contributed by atoms with Crippen LogP contribution in [0.25, 0.3) is 0 Å². The topological polar surface area (TPSA) is 55.4 Å². The number of halogens is 3. The van der Waals surface area contributed by atoms with Gasteiger partial charge in [0, 0.05) is 6.04 Å². The van der Waals surface area contributed by atoms with Crippen molar-refractivity contribution >= 4 is 23.5 Å². The standard InChI is InChI=1S/C15H16ClF2NO3/c1-8(14(20)19-9-4-2-3-5-9)22-15(21)10-6-12(17)13(18)7-11(10)16/h6-9H,2-5H2,1H3,(H,19,20)/t8-/m0/s1. The first-order chi connectivity index (χ1) is 10.4. The van der Waals surface area contributed by atoms with E-state index in [2.05, 4.69) is 5.32 Å². The lowest BCUT2D eigenvalue weighted by molar-refractivity contribution is -0.129. The van der Waals surface area contributed by atoms with Crippen LogP contribution in [0.1, 0.15) is 43.0 Å². The molecule has 0 spiro atoms. The maximum atomic E-state index is 13.2. The first kappa shape index (κ1) is 16.7. The van der Waals surface area contributed by atoms with Crippen LogP contribution in [0.3, 0.4) is 0 Å². The summed E-state index contributed by atoms with van der Waals surface area (Å²) >= 11 is 5.69. The number of ether oxygens (including phenoxy) is 1. The summed E-state index contributed by atoms with van der Waals surface area (Å²) < 4.78 is 31.1. The van der Waals surface area contributed by atoms with Crippen LogP contribution < -0.4 is 5.32 Å². The molecular formula is C15H16ClF2NO3. The summed E-state index contributed by atoms with van der Waals surface area (Å²) in [6.07, 6.45) is 2.88. The van der Waals surface area contributed by atoms with E-state index < -0.39 is 29.6 Å². The van der Waals surface area contributed by atoms with E-state index in [0.717, 1.165) is 25.7 Å². The highest BCUT2D eigenvalue weighted by Crippen LogP contribution is 2.22. The molecule has 7 heteroatoms. The van der Waals surface area contributed by atoms with Gasteiger partial charge in [-0.25, -0.2) is 13.6 Å². The Morgan fingerprint density at radius 2 is 1.86 bits per heavy atom. The van der Waals surface area contributed by atoms with Crippen molar-refractivity contribution in [2.75, 3.05) is 0 Å². The van der Waals surface area contributed by atoms with Gasteiger partial charge in [-0.15, -0.1) is 0 Å². The minimum Gasteiger partial charge on any atom is -0.449 e. The molecule has 1 aromatic rings. The van der Waals surface area contributed by atoms with Crippen molar-refractivity contribution in [2.45, 2.75) is 44.8 Å². The van der Waals surface area contributed by atoms with E-state index in [1.807, 2.05) is 0 Å². The first-order valence-electron chi connectivity index (χ1n) is 7.04. The van der Waals surface area contributed by atoms with Crippen LogP contribution in [0.15, 0.2) is 12.1 Å². The maximum absolute atomic E-state index is 13.2. The Morgan fingerprint density at radius 3 is 2.50 bits per heavy atom. The van der Waals surface area contributed by atoms with Crippen LogP contribution in [0, 0.1) is 11.6 Å². The predicted octanol–water partition coefficient (Wildman–Crippen LogP) is 3.22. The maximum Gasteiger partial charge on any atom is 0.340 e. The number of hydrogen-bond acceptors (Lipinski definition) is 3. The Kier molecular flexibility index (Phi) is 5.34. The van der Waals surface area contributed by atoms with Crippen LogP contribution in [-0.2, 0) is 9.53 Å².